The highest BCUT2D eigenvalue weighted by Gasteiger charge is 1.84. The molecule has 0 fully saturated rings. The van der Waals surface area contributed by atoms with Crippen molar-refractivity contribution in [2.75, 3.05) is 14.2 Å². The van der Waals surface area contributed by atoms with Crippen molar-refractivity contribution in [3.8, 4) is 0 Å². The molecule has 0 heterocycles. The van der Waals surface area contributed by atoms with Crippen molar-refractivity contribution >= 4 is 6.08 Å². The van der Waals surface area contributed by atoms with Crippen LogP contribution in [0.4, 0.5) is 0 Å². The van der Waals surface area contributed by atoms with Gasteiger partial charge in [-0.05, 0) is 17.2 Å². The van der Waals surface area contributed by atoms with E-state index in [4.69, 9.17) is 9.47 Å². The summed E-state index contributed by atoms with van der Waals surface area (Å²) in [5.74, 6) is 0. The summed E-state index contributed by atoms with van der Waals surface area (Å²) < 4.78 is 9.69. The first-order chi connectivity index (χ1) is 11.4. The first kappa shape index (κ1) is 23.2. The van der Waals surface area contributed by atoms with Gasteiger partial charge in [-0.25, -0.2) is 0 Å². The highest BCUT2D eigenvalue weighted by molar-refractivity contribution is 5.47. The van der Waals surface area contributed by atoms with Crippen molar-refractivity contribution in [3.63, 3.8) is 0 Å². The van der Waals surface area contributed by atoms with Crippen molar-refractivity contribution in [2.24, 2.45) is 0 Å². The zero-order chi connectivity index (χ0) is 17.8. The van der Waals surface area contributed by atoms with Crippen molar-refractivity contribution in [2.45, 2.75) is 34.3 Å². The number of methoxy groups -OCH3 is 2. The Morgan fingerprint density at radius 2 is 1.22 bits per heavy atom. The van der Waals surface area contributed by atoms with Gasteiger partial charge in [-0.1, -0.05) is 88.4 Å². The van der Waals surface area contributed by atoms with Crippen LogP contribution in [0.2, 0.25) is 0 Å². The lowest BCUT2D eigenvalue weighted by atomic mass is 10.2. The average Bonchev–Trinajstić information content (AvgIpc) is 2.66. The van der Waals surface area contributed by atoms with E-state index in [0.29, 0.717) is 6.61 Å². The van der Waals surface area contributed by atoms with Gasteiger partial charge in [0.2, 0.25) is 0 Å². The summed E-state index contributed by atoms with van der Waals surface area (Å²) in [5.41, 5.74) is 2.38. The Morgan fingerprint density at radius 1 is 0.739 bits per heavy atom. The van der Waals surface area contributed by atoms with E-state index in [0.717, 1.165) is 5.56 Å². The number of hydrogen-bond acceptors (Lipinski definition) is 2. The fraction of sp³-hybridized carbons (Fsp3) is 0.333. The minimum absolute atomic E-state index is 0.709. The van der Waals surface area contributed by atoms with E-state index < -0.39 is 0 Å². The molecule has 0 saturated carbocycles. The van der Waals surface area contributed by atoms with Crippen LogP contribution in [0, 0.1) is 0 Å². The third-order valence-electron chi connectivity index (χ3n) is 2.35. The molecular formula is C21H32O2. The SMILES string of the molecule is CC.CC.CO/C=C\c1ccccc1.COCc1ccccc1. The largest absolute Gasteiger partial charge is 0.504 e. The molecule has 0 aliphatic carbocycles. The summed E-state index contributed by atoms with van der Waals surface area (Å²) in [6.07, 6.45) is 3.58. The molecule has 2 rings (SSSR count). The summed E-state index contributed by atoms with van der Waals surface area (Å²) >= 11 is 0. The monoisotopic (exact) mass is 316 g/mol. The van der Waals surface area contributed by atoms with Crippen LogP contribution in [-0.2, 0) is 16.1 Å². The Balaban J connectivity index is 0. The first-order valence-electron chi connectivity index (χ1n) is 8.14. The van der Waals surface area contributed by atoms with E-state index in [-0.39, 0.29) is 0 Å². The van der Waals surface area contributed by atoms with Crippen LogP contribution in [0.5, 0.6) is 0 Å². The van der Waals surface area contributed by atoms with Crippen molar-refractivity contribution in [1.82, 2.24) is 0 Å². The quantitative estimate of drug-likeness (QED) is 0.626. The molecule has 128 valence electrons. The zero-order valence-electron chi connectivity index (χ0n) is 15.5. The topological polar surface area (TPSA) is 18.5 Å². The van der Waals surface area contributed by atoms with Crippen LogP contribution >= 0.6 is 0 Å². The van der Waals surface area contributed by atoms with Gasteiger partial charge in [0.05, 0.1) is 20.0 Å². The molecule has 0 bridgehead atoms. The van der Waals surface area contributed by atoms with Gasteiger partial charge in [0.25, 0.3) is 0 Å². The summed E-state index contributed by atoms with van der Waals surface area (Å²) in [4.78, 5) is 0. The molecule has 0 amide bonds. The molecule has 0 spiro atoms. The normalized spacial score (nSPS) is 8.61. The molecule has 23 heavy (non-hydrogen) atoms. The highest BCUT2D eigenvalue weighted by atomic mass is 16.5. The van der Waals surface area contributed by atoms with Gasteiger partial charge in [0, 0.05) is 7.11 Å². The molecule has 0 saturated heterocycles. The second-order valence-electron chi connectivity index (χ2n) is 3.87. The maximum absolute atomic E-state index is 4.93. The number of rotatable bonds is 4. The summed E-state index contributed by atoms with van der Waals surface area (Å²) in [6, 6.07) is 20.1. The standard InChI is InChI=1S/C9H10O.C8H10O.2C2H6/c1-10-8-7-9-5-3-2-4-6-9;1-9-7-8-5-3-2-4-6-8;2*1-2/h2-8H,1H3;2-6H,7H2,1H3;2*1-2H3/b8-7-;;;. The molecule has 0 aliphatic heterocycles. The second kappa shape index (κ2) is 19.9. The van der Waals surface area contributed by atoms with E-state index in [9.17, 15) is 0 Å². The van der Waals surface area contributed by atoms with E-state index in [1.54, 1.807) is 20.5 Å². The molecule has 0 unspecified atom stereocenters. The Hall–Kier alpha value is -2.06. The lowest BCUT2D eigenvalue weighted by Gasteiger charge is -1.95. The van der Waals surface area contributed by atoms with Crippen LogP contribution < -0.4 is 0 Å². The molecular weight excluding hydrogens is 284 g/mol. The van der Waals surface area contributed by atoms with E-state index in [1.807, 2.05) is 94.4 Å². The van der Waals surface area contributed by atoms with Gasteiger partial charge in [0.1, 0.15) is 0 Å². The molecule has 2 nitrogen and oxygen atoms in total. The second-order valence-corrected chi connectivity index (χ2v) is 3.87. The minimum Gasteiger partial charge on any atom is -0.504 e. The van der Waals surface area contributed by atoms with Crippen molar-refractivity contribution in [1.29, 1.82) is 0 Å². The van der Waals surface area contributed by atoms with Gasteiger partial charge in [-0.2, -0.15) is 0 Å². The van der Waals surface area contributed by atoms with E-state index in [2.05, 4.69) is 0 Å². The van der Waals surface area contributed by atoms with E-state index in [1.165, 1.54) is 5.56 Å². The minimum atomic E-state index is 0.709. The number of hydrogen-bond donors (Lipinski definition) is 0. The molecule has 0 aromatic heterocycles. The molecule has 2 aromatic carbocycles. The van der Waals surface area contributed by atoms with Gasteiger partial charge < -0.3 is 9.47 Å². The molecule has 2 aromatic rings. The Morgan fingerprint density at radius 3 is 1.65 bits per heavy atom. The Kier molecular flexibility index (Phi) is 20.1. The highest BCUT2D eigenvalue weighted by Crippen LogP contribution is 2.00. The van der Waals surface area contributed by atoms with Gasteiger partial charge in [-0.3, -0.25) is 0 Å². The molecule has 2 heteroatoms. The van der Waals surface area contributed by atoms with Crippen LogP contribution in [-0.4, -0.2) is 14.2 Å². The lowest BCUT2D eigenvalue weighted by Crippen LogP contribution is -1.84. The number of benzene rings is 2. The molecule has 0 atom stereocenters. The summed E-state index contributed by atoms with van der Waals surface area (Å²) in [5, 5.41) is 0. The van der Waals surface area contributed by atoms with Crippen molar-refractivity contribution < 1.29 is 9.47 Å². The zero-order valence-corrected chi connectivity index (χ0v) is 15.5. The number of ether oxygens (including phenoxy) is 2. The first-order valence-corrected chi connectivity index (χ1v) is 8.14. The molecule has 0 N–H and O–H groups in total. The third-order valence-corrected chi connectivity index (χ3v) is 2.35. The molecule has 0 radical (unpaired) electrons. The average molecular weight is 316 g/mol. The Bertz CT molecular complexity index is 450. The van der Waals surface area contributed by atoms with Gasteiger partial charge in [0.15, 0.2) is 0 Å². The van der Waals surface area contributed by atoms with Crippen LogP contribution in [0.15, 0.2) is 66.9 Å². The smallest absolute Gasteiger partial charge is 0.0830 e. The third kappa shape index (κ3) is 14.6. The summed E-state index contributed by atoms with van der Waals surface area (Å²) in [6.45, 7) is 8.71. The Labute approximate surface area is 142 Å². The van der Waals surface area contributed by atoms with Crippen molar-refractivity contribution in [3.05, 3.63) is 78.1 Å². The van der Waals surface area contributed by atoms with Crippen LogP contribution in [0.25, 0.3) is 6.08 Å². The predicted octanol–water partition coefficient (Wildman–Crippen LogP) is 6.19. The summed E-state index contributed by atoms with van der Waals surface area (Å²) in [7, 11) is 3.34. The van der Waals surface area contributed by atoms with Crippen LogP contribution in [0.3, 0.4) is 0 Å². The van der Waals surface area contributed by atoms with Crippen LogP contribution in [0.1, 0.15) is 38.8 Å². The maximum Gasteiger partial charge on any atom is 0.0830 e. The fourth-order valence-corrected chi connectivity index (χ4v) is 1.45. The van der Waals surface area contributed by atoms with Gasteiger partial charge >= 0.3 is 0 Å². The predicted molar refractivity (Wildman–Crippen MR) is 102 cm³/mol. The van der Waals surface area contributed by atoms with E-state index >= 15 is 0 Å². The fourth-order valence-electron chi connectivity index (χ4n) is 1.45. The lowest BCUT2D eigenvalue weighted by molar-refractivity contribution is 0.185. The maximum atomic E-state index is 4.93. The molecule has 0 aliphatic rings. The van der Waals surface area contributed by atoms with Gasteiger partial charge in [-0.15, -0.1) is 0 Å².